The highest BCUT2D eigenvalue weighted by atomic mass is 19.1. The summed E-state index contributed by atoms with van der Waals surface area (Å²) in [5.41, 5.74) is 3.89. The molecule has 0 radical (unpaired) electrons. The van der Waals surface area contributed by atoms with E-state index < -0.39 is 0 Å². The minimum absolute atomic E-state index is 0.0503. The van der Waals surface area contributed by atoms with Gasteiger partial charge in [0, 0.05) is 60.5 Å². The van der Waals surface area contributed by atoms with Crippen LogP contribution in [0.1, 0.15) is 30.4 Å². The van der Waals surface area contributed by atoms with Crippen molar-refractivity contribution in [1.29, 1.82) is 0 Å². The van der Waals surface area contributed by atoms with Gasteiger partial charge in [0.15, 0.2) is 0 Å². The zero-order valence-electron chi connectivity index (χ0n) is 20.4. The van der Waals surface area contributed by atoms with Crippen LogP contribution in [-0.4, -0.2) is 38.8 Å². The van der Waals surface area contributed by atoms with Crippen molar-refractivity contribution < 1.29 is 13.9 Å². The molecule has 184 valence electrons. The number of aryl methyl sites for hydroxylation is 1. The maximum absolute atomic E-state index is 15.1. The number of pyridine rings is 2. The average molecular weight is 487 g/mol. The maximum Gasteiger partial charge on any atom is 0.237 e. The highest BCUT2D eigenvalue weighted by Crippen LogP contribution is 2.56. The molecule has 36 heavy (non-hydrogen) atoms. The second-order valence-corrected chi connectivity index (χ2v) is 9.56. The van der Waals surface area contributed by atoms with Gasteiger partial charge in [-0.2, -0.15) is 5.10 Å². The van der Waals surface area contributed by atoms with Crippen molar-refractivity contribution in [2.45, 2.75) is 26.2 Å². The first kappa shape index (κ1) is 22.5. The summed E-state index contributed by atoms with van der Waals surface area (Å²) in [6.07, 6.45) is 7.97. The predicted molar refractivity (Wildman–Crippen MR) is 136 cm³/mol. The van der Waals surface area contributed by atoms with E-state index in [0.29, 0.717) is 41.4 Å². The Kier molecular flexibility index (Phi) is 5.35. The summed E-state index contributed by atoms with van der Waals surface area (Å²) in [4.78, 5) is 21.9. The van der Waals surface area contributed by atoms with Crippen molar-refractivity contribution in [1.82, 2.24) is 19.7 Å². The fourth-order valence-corrected chi connectivity index (χ4v) is 5.45. The molecule has 4 aromatic rings. The number of nitrogens with one attached hydrogen (secondary N) is 2. The maximum atomic E-state index is 15.1. The summed E-state index contributed by atoms with van der Waals surface area (Å²) in [5.74, 6) is 0.922. The molecule has 1 amide bonds. The van der Waals surface area contributed by atoms with Gasteiger partial charge < -0.3 is 15.4 Å². The fraction of sp³-hybridized carbons (Fsp3) is 0.333. The molecular weight excluding hydrogens is 459 g/mol. The van der Waals surface area contributed by atoms with E-state index in [0.717, 1.165) is 28.6 Å². The number of carbonyl (C=O) groups is 1. The van der Waals surface area contributed by atoms with Crippen molar-refractivity contribution in [3.8, 4) is 17.0 Å². The number of ether oxygens (including phenoxy) is 1. The molecule has 0 saturated heterocycles. The summed E-state index contributed by atoms with van der Waals surface area (Å²) in [6.45, 7) is 5.26. The van der Waals surface area contributed by atoms with Gasteiger partial charge in [0.1, 0.15) is 23.9 Å². The van der Waals surface area contributed by atoms with Crippen LogP contribution in [0.5, 0.6) is 5.88 Å². The number of hydrogen-bond acceptors (Lipinski definition) is 6. The highest BCUT2D eigenvalue weighted by Gasteiger charge is 2.54. The van der Waals surface area contributed by atoms with E-state index in [1.807, 2.05) is 26.4 Å². The number of hydrogen-bond donors (Lipinski definition) is 2. The van der Waals surface area contributed by atoms with Crippen molar-refractivity contribution in [2.24, 2.45) is 18.9 Å². The van der Waals surface area contributed by atoms with E-state index in [4.69, 9.17) is 4.74 Å². The molecule has 2 N–H and O–H groups in total. The number of rotatable bonds is 5. The Morgan fingerprint density at radius 1 is 1.19 bits per heavy atom. The zero-order valence-corrected chi connectivity index (χ0v) is 20.4. The SMILES string of the molecule is CC[C@@H]1[C@H](C(=O)Nc2cc3cc(-c4cnc5c(c4C)NCCO5)c(F)cc3cn2)[C@H]1c1cnn(C)c1. The zero-order chi connectivity index (χ0) is 25.0. The van der Waals surface area contributed by atoms with Crippen LogP contribution in [0.4, 0.5) is 15.9 Å². The Morgan fingerprint density at radius 2 is 2.06 bits per heavy atom. The molecule has 4 heterocycles. The molecule has 2 aliphatic rings. The van der Waals surface area contributed by atoms with E-state index in [2.05, 4.69) is 32.6 Å². The Morgan fingerprint density at radius 3 is 2.83 bits per heavy atom. The molecule has 1 aliphatic carbocycles. The van der Waals surface area contributed by atoms with Gasteiger partial charge in [-0.3, -0.25) is 9.48 Å². The fourth-order valence-electron chi connectivity index (χ4n) is 5.45. The van der Waals surface area contributed by atoms with E-state index in [9.17, 15) is 4.79 Å². The molecule has 3 aromatic heterocycles. The summed E-state index contributed by atoms with van der Waals surface area (Å²) < 4.78 is 22.5. The van der Waals surface area contributed by atoms with E-state index in [1.54, 1.807) is 29.2 Å². The molecule has 6 rings (SSSR count). The van der Waals surface area contributed by atoms with Gasteiger partial charge in [0.2, 0.25) is 11.8 Å². The number of benzene rings is 1. The largest absolute Gasteiger partial charge is 0.474 e. The normalized spacial score (nSPS) is 20.4. The lowest BCUT2D eigenvalue weighted by molar-refractivity contribution is -0.117. The number of aromatic nitrogens is 4. The number of nitrogens with zero attached hydrogens (tertiary/aromatic N) is 4. The van der Waals surface area contributed by atoms with Crippen LogP contribution in [0.3, 0.4) is 0 Å². The molecule has 9 heteroatoms. The van der Waals surface area contributed by atoms with Crippen molar-refractivity contribution in [3.05, 3.63) is 59.9 Å². The van der Waals surface area contributed by atoms with Gasteiger partial charge in [0.05, 0.1) is 6.20 Å². The summed E-state index contributed by atoms with van der Waals surface area (Å²) in [6, 6.07) is 5.05. The van der Waals surface area contributed by atoms with Crippen LogP contribution in [0.2, 0.25) is 0 Å². The molecule has 1 aromatic carbocycles. The number of anilines is 2. The van der Waals surface area contributed by atoms with Gasteiger partial charge in [-0.05, 0) is 47.6 Å². The molecule has 3 atom stereocenters. The van der Waals surface area contributed by atoms with Gasteiger partial charge in [-0.1, -0.05) is 13.3 Å². The molecule has 1 saturated carbocycles. The first-order valence-electron chi connectivity index (χ1n) is 12.2. The monoisotopic (exact) mass is 486 g/mol. The highest BCUT2D eigenvalue weighted by molar-refractivity contribution is 5.97. The van der Waals surface area contributed by atoms with Crippen LogP contribution >= 0.6 is 0 Å². The van der Waals surface area contributed by atoms with Crippen LogP contribution in [0.15, 0.2) is 43.0 Å². The molecule has 0 spiro atoms. The first-order chi connectivity index (χ1) is 17.4. The van der Waals surface area contributed by atoms with E-state index in [-0.39, 0.29) is 29.5 Å². The minimum Gasteiger partial charge on any atom is -0.474 e. The average Bonchev–Trinajstić information content (AvgIpc) is 3.47. The van der Waals surface area contributed by atoms with Crippen LogP contribution in [0, 0.1) is 24.6 Å². The molecule has 0 bridgehead atoms. The molecule has 0 unspecified atom stereocenters. The smallest absolute Gasteiger partial charge is 0.237 e. The third kappa shape index (κ3) is 3.75. The lowest BCUT2D eigenvalue weighted by atomic mass is 9.98. The van der Waals surface area contributed by atoms with Crippen molar-refractivity contribution in [3.63, 3.8) is 0 Å². The van der Waals surface area contributed by atoms with E-state index >= 15 is 4.39 Å². The van der Waals surface area contributed by atoms with E-state index in [1.165, 1.54) is 6.07 Å². The molecule has 1 fully saturated rings. The van der Waals surface area contributed by atoms with Crippen molar-refractivity contribution >= 4 is 28.2 Å². The Hall–Kier alpha value is -4.01. The number of amides is 1. The standard InChI is InChI=1S/C27H27FN6O2/c1-4-18-23(17-11-32-34(3)13-17)24(18)26(35)33-22-9-15-7-19(21(28)8-16(15)10-30-22)20-12-31-27-25(14(20)2)29-5-6-36-27/h7-13,18,23-24,29H,4-6H2,1-3H3,(H,30,33,35)/t18-,23-,24-/m0/s1. The van der Waals surface area contributed by atoms with Gasteiger partial charge in [-0.15, -0.1) is 0 Å². The predicted octanol–water partition coefficient (Wildman–Crippen LogP) is 4.66. The first-order valence-corrected chi connectivity index (χ1v) is 12.2. The number of carbonyl (C=O) groups excluding carboxylic acids is 1. The summed E-state index contributed by atoms with van der Waals surface area (Å²) in [5, 5.41) is 12.0. The lowest BCUT2D eigenvalue weighted by Gasteiger charge is -2.21. The Balaban J connectivity index is 1.29. The topological polar surface area (TPSA) is 94.0 Å². The van der Waals surface area contributed by atoms with Crippen LogP contribution in [0.25, 0.3) is 21.9 Å². The molecule has 1 aliphatic heterocycles. The summed E-state index contributed by atoms with van der Waals surface area (Å²) >= 11 is 0. The van der Waals surface area contributed by atoms with Crippen LogP contribution in [-0.2, 0) is 11.8 Å². The quantitative estimate of drug-likeness (QED) is 0.426. The third-order valence-corrected chi connectivity index (χ3v) is 7.35. The summed E-state index contributed by atoms with van der Waals surface area (Å²) in [7, 11) is 1.88. The Labute approximate surface area is 207 Å². The van der Waals surface area contributed by atoms with Gasteiger partial charge in [0.25, 0.3) is 0 Å². The molecule has 8 nitrogen and oxygen atoms in total. The van der Waals surface area contributed by atoms with Crippen molar-refractivity contribution in [2.75, 3.05) is 23.8 Å². The Bertz CT molecular complexity index is 1500. The lowest BCUT2D eigenvalue weighted by Crippen LogP contribution is -2.20. The third-order valence-electron chi connectivity index (χ3n) is 7.35. The second kappa shape index (κ2) is 8.58. The number of halogens is 1. The molecular formula is C27H27FN6O2. The number of fused-ring (bicyclic) bond motifs is 2. The second-order valence-electron chi connectivity index (χ2n) is 9.56. The van der Waals surface area contributed by atoms with Crippen LogP contribution < -0.4 is 15.4 Å². The van der Waals surface area contributed by atoms with Gasteiger partial charge >= 0.3 is 0 Å². The minimum atomic E-state index is -0.356. The van der Waals surface area contributed by atoms with Gasteiger partial charge in [-0.25, -0.2) is 14.4 Å².